The van der Waals surface area contributed by atoms with Gasteiger partial charge < -0.3 is 20.1 Å². The molecule has 2 amide bonds. The summed E-state index contributed by atoms with van der Waals surface area (Å²) < 4.78 is 10.7. The zero-order valence-corrected chi connectivity index (χ0v) is 19.8. The fourth-order valence-corrected chi connectivity index (χ4v) is 5.22. The second kappa shape index (κ2) is 11.0. The van der Waals surface area contributed by atoms with Crippen LogP contribution in [0, 0.1) is 0 Å². The second-order valence-corrected chi connectivity index (χ2v) is 9.02. The standard InChI is InChI=1S/C25H36N4O4/c1-3-33-24(30)22-21(17-28-12-14-29(15-13-28)19-9-5-4-6-10-19)26-25(31)27-23(22)18-8-7-11-20(16-18)32-2/h7-8,11,16,19,23H,3-6,9-10,12-15,17H2,1-2H3,(H2,26,27,31)/t23-/m1/s1. The fourth-order valence-electron chi connectivity index (χ4n) is 5.22. The Balaban J connectivity index is 1.53. The second-order valence-electron chi connectivity index (χ2n) is 9.02. The Labute approximate surface area is 196 Å². The number of carbonyl (C=O) groups is 2. The van der Waals surface area contributed by atoms with Gasteiger partial charge in [-0.3, -0.25) is 9.80 Å². The number of benzene rings is 1. The predicted molar refractivity (Wildman–Crippen MR) is 126 cm³/mol. The van der Waals surface area contributed by atoms with Crippen LogP contribution >= 0.6 is 0 Å². The minimum absolute atomic E-state index is 0.272. The third kappa shape index (κ3) is 5.68. The Morgan fingerprint density at radius 2 is 1.88 bits per heavy atom. The van der Waals surface area contributed by atoms with E-state index in [2.05, 4.69) is 20.4 Å². The molecule has 3 aliphatic rings. The third-order valence-corrected chi connectivity index (χ3v) is 6.96. The van der Waals surface area contributed by atoms with Gasteiger partial charge in [0.05, 0.1) is 25.3 Å². The molecule has 1 saturated heterocycles. The van der Waals surface area contributed by atoms with Crippen LogP contribution < -0.4 is 15.4 Å². The molecule has 2 N–H and O–H groups in total. The number of nitrogens with zero attached hydrogens (tertiary/aromatic N) is 2. The molecule has 33 heavy (non-hydrogen) atoms. The topological polar surface area (TPSA) is 83.1 Å². The third-order valence-electron chi connectivity index (χ3n) is 6.96. The van der Waals surface area contributed by atoms with Crippen LogP contribution in [0.5, 0.6) is 5.75 Å². The molecule has 1 aromatic rings. The Hall–Kier alpha value is -2.58. The van der Waals surface area contributed by atoms with Crippen molar-refractivity contribution in [3.63, 3.8) is 0 Å². The largest absolute Gasteiger partial charge is 0.497 e. The number of nitrogens with one attached hydrogen (secondary N) is 2. The lowest BCUT2D eigenvalue weighted by Gasteiger charge is -2.41. The summed E-state index contributed by atoms with van der Waals surface area (Å²) in [6.45, 7) is 6.47. The van der Waals surface area contributed by atoms with Crippen molar-refractivity contribution in [3.05, 3.63) is 41.1 Å². The van der Waals surface area contributed by atoms with E-state index in [-0.39, 0.29) is 12.6 Å². The van der Waals surface area contributed by atoms with Gasteiger partial charge in [-0.05, 0) is 37.5 Å². The van der Waals surface area contributed by atoms with Gasteiger partial charge in [0.2, 0.25) is 0 Å². The summed E-state index contributed by atoms with van der Waals surface area (Å²) in [7, 11) is 1.60. The highest BCUT2D eigenvalue weighted by Gasteiger charge is 2.35. The normalized spacial score (nSPS) is 23.1. The van der Waals surface area contributed by atoms with E-state index in [0.29, 0.717) is 29.6 Å². The van der Waals surface area contributed by atoms with Crippen molar-refractivity contribution in [2.24, 2.45) is 0 Å². The molecule has 2 fully saturated rings. The molecule has 8 nitrogen and oxygen atoms in total. The summed E-state index contributed by atoms with van der Waals surface area (Å²) in [6.07, 6.45) is 6.66. The quantitative estimate of drug-likeness (QED) is 0.614. The van der Waals surface area contributed by atoms with Gasteiger partial charge in [-0.25, -0.2) is 9.59 Å². The van der Waals surface area contributed by atoms with E-state index < -0.39 is 12.0 Å². The van der Waals surface area contributed by atoms with Gasteiger partial charge in [-0.15, -0.1) is 0 Å². The Morgan fingerprint density at radius 3 is 2.58 bits per heavy atom. The summed E-state index contributed by atoms with van der Waals surface area (Å²) in [6, 6.07) is 7.24. The summed E-state index contributed by atoms with van der Waals surface area (Å²) in [5, 5.41) is 5.80. The highest BCUT2D eigenvalue weighted by atomic mass is 16.5. The van der Waals surface area contributed by atoms with Crippen molar-refractivity contribution >= 4 is 12.0 Å². The van der Waals surface area contributed by atoms with Crippen molar-refractivity contribution in [2.75, 3.05) is 46.4 Å². The van der Waals surface area contributed by atoms with Crippen molar-refractivity contribution in [2.45, 2.75) is 51.1 Å². The molecule has 0 bridgehead atoms. The minimum Gasteiger partial charge on any atom is -0.497 e. The highest BCUT2D eigenvalue weighted by molar-refractivity contribution is 5.95. The SMILES string of the molecule is CCOC(=O)C1=C(CN2CCN(C3CCCCC3)CC2)NC(=O)N[C@@H]1c1cccc(OC)c1. The lowest BCUT2D eigenvalue weighted by molar-refractivity contribution is -0.139. The lowest BCUT2D eigenvalue weighted by atomic mass is 9.93. The predicted octanol–water partition coefficient (Wildman–Crippen LogP) is 2.82. The van der Waals surface area contributed by atoms with Crippen LogP contribution in [0.4, 0.5) is 4.79 Å². The number of carbonyl (C=O) groups excluding carboxylic acids is 2. The summed E-state index contributed by atoms with van der Waals surface area (Å²) in [4.78, 5) is 30.5. The van der Waals surface area contributed by atoms with E-state index in [9.17, 15) is 9.59 Å². The number of hydrogen-bond acceptors (Lipinski definition) is 6. The number of methoxy groups -OCH3 is 1. The van der Waals surface area contributed by atoms with Crippen LogP contribution in [0.25, 0.3) is 0 Å². The molecular weight excluding hydrogens is 420 g/mol. The van der Waals surface area contributed by atoms with Gasteiger partial charge in [0.15, 0.2) is 0 Å². The maximum atomic E-state index is 13.0. The van der Waals surface area contributed by atoms with Crippen molar-refractivity contribution in [1.29, 1.82) is 0 Å². The fraction of sp³-hybridized carbons (Fsp3) is 0.600. The van der Waals surface area contributed by atoms with E-state index in [1.807, 2.05) is 24.3 Å². The van der Waals surface area contributed by atoms with Crippen molar-refractivity contribution in [1.82, 2.24) is 20.4 Å². The molecule has 0 aromatic heterocycles. The van der Waals surface area contributed by atoms with Gasteiger partial charge in [-0.2, -0.15) is 0 Å². The van der Waals surface area contributed by atoms with Gasteiger partial charge in [0.1, 0.15) is 5.75 Å². The molecule has 1 aromatic carbocycles. The molecule has 0 unspecified atom stereocenters. The first kappa shape index (κ1) is 23.6. The maximum absolute atomic E-state index is 13.0. The molecule has 0 radical (unpaired) electrons. The van der Waals surface area contributed by atoms with Crippen molar-refractivity contribution < 1.29 is 19.1 Å². The first-order valence-electron chi connectivity index (χ1n) is 12.2. The minimum atomic E-state index is -0.591. The highest BCUT2D eigenvalue weighted by Crippen LogP contribution is 2.30. The summed E-state index contributed by atoms with van der Waals surface area (Å²) >= 11 is 0. The number of esters is 1. The molecule has 8 heteroatoms. The van der Waals surface area contributed by atoms with Crippen molar-refractivity contribution in [3.8, 4) is 5.75 Å². The molecule has 1 saturated carbocycles. The zero-order valence-electron chi connectivity index (χ0n) is 19.8. The number of hydrogen-bond donors (Lipinski definition) is 2. The van der Waals surface area contributed by atoms with E-state index in [1.54, 1.807) is 14.0 Å². The summed E-state index contributed by atoms with van der Waals surface area (Å²) in [5.41, 5.74) is 1.86. The number of urea groups is 1. The molecule has 4 rings (SSSR count). The van der Waals surface area contributed by atoms with Gasteiger partial charge in [-0.1, -0.05) is 31.4 Å². The van der Waals surface area contributed by atoms with E-state index in [4.69, 9.17) is 9.47 Å². The average molecular weight is 457 g/mol. The Morgan fingerprint density at radius 1 is 1.12 bits per heavy atom. The number of piperazine rings is 1. The lowest BCUT2D eigenvalue weighted by Crippen LogP contribution is -2.53. The molecular formula is C25H36N4O4. The summed E-state index contributed by atoms with van der Waals surface area (Å²) in [5.74, 6) is 0.262. The monoisotopic (exact) mass is 456 g/mol. The van der Waals surface area contributed by atoms with Gasteiger partial charge in [0.25, 0.3) is 0 Å². The van der Waals surface area contributed by atoms with E-state index in [1.165, 1.54) is 32.1 Å². The maximum Gasteiger partial charge on any atom is 0.338 e. The number of ether oxygens (including phenoxy) is 2. The smallest absolute Gasteiger partial charge is 0.338 e. The molecule has 1 aliphatic carbocycles. The Bertz CT molecular complexity index is 873. The van der Waals surface area contributed by atoms with E-state index >= 15 is 0 Å². The number of rotatable bonds is 7. The molecule has 1 atom stereocenters. The molecule has 2 aliphatic heterocycles. The first-order valence-corrected chi connectivity index (χ1v) is 12.2. The Kier molecular flexibility index (Phi) is 7.88. The van der Waals surface area contributed by atoms with Crippen LogP contribution in [0.15, 0.2) is 35.5 Å². The van der Waals surface area contributed by atoms with Gasteiger partial charge in [0, 0.05) is 44.5 Å². The van der Waals surface area contributed by atoms with Crippen LogP contribution in [0.1, 0.15) is 50.6 Å². The van der Waals surface area contributed by atoms with Gasteiger partial charge >= 0.3 is 12.0 Å². The van der Waals surface area contributed by atoms with Crippen LogP contribution in [-0.4, -0.2) is 74.3 Å². The van der Waals surface area contributed by atoms with Crippen LogP contribution in [-0.2, 0) is 9.53 Å². The van der Waals surface area contributed by atoms with Crippen LogP contribution in [0.3, 0.4) is 0 Å². The van der Waals surface area contributed by atoms with Crippen LogP contribution in [0.2, 0.25) is 0 Å². The first-order chi connectivity index (χ1) is 16.1. The average Bonchev–Trinajstić information content (AvgIpc) is 2.85. The number of amides is 2. The molecule has 180 valence electrons. The molecule has 0 spiro atoms. The molecule has 2 heterocycles. The zero-order chi connectivity index (χ0) is 23.2. The van der Waals surface area contributed by atoms with E-state index in [0.717, 1.165) is 31.7 Å².